The Labute approximate surface area is 557 Å². The molecule has 0 aliphatic carbocycles. The summed E-state index contributed by atoms with van der Waals surface area (Å²) in [6.07, 6.45) is 39.8. The molecule has 0 aromatic carbocycles. The van der Waals surface area contributed by atoms with Crippen molar-refractivity contribution in [2.75, 3.05) is 21.3 Å². The summed E-state index contributed by atoms with van der Waals surface area (Å²) in [6, 6.07) is 0. The third-order valence-electron chi connectivity index (χ3n) is 8.82. The van der Waals surface area contributed by atoms with Crippen molar-refractivity contribution in [1.29, 1.82) is 0 Å². The van der Waals surface area contributed by atoms with Crippen LogP contribution in [0.3, 0.4) is 0 Å². The molecular weight excluding hydrogens is 1130 g/mol. The first-order chi connectivity index (χ1) is 34.4. The van der Waals surface area contributed by atoms with Gasteiger partial charge in [-0.3, -0.25) is 14.4 Å². The number of methoxy groups -OCH3 is 3. The Morgan fingerprint density at radius 2 is 0.753 bits per heavy atom. The first kappa shape index (κ1) is 105. The fourth-order valence-electron chi connectivity index (χ4n) is 5.35. The Hall–Kier alpha value is -0.300. The van der Waals surface area contributed by atoms with E-state index in [-0.39, 0.29) is 142 Å². The van der Waals surface area contributed by atoms with Crippen LogP contribution in [0, 0.1) is 26.7 Å². The summed E-state index contributed by atoms with van der Waals surface area (Å²) in [5.41, 5.74) is 0. The first-order valence-electron chi connectivity index (χ1n) is 24.1. The Bertz CT molecular complexity index is 1650. The second kappa shape index (κ2) is 94.9. The summed E-state index contributed by atoms with van der Waals surface area (Å²) in [4.78, 5) is 42.9. The Morgan fingerprint density at radius 1 is 0.468 bits per heavy atom. The van der Waals surface area contributed by atoms with Crippen LogP contribution in [0.1, 0.15) is 201 Å². The normalized spacial score (nSPS) is 9.83. The summed E-state index contributed by atoms with van der Waals surface area (Å²) in [7, 11) is -8.17. The number of esters is 3. The van der Waals surface area contributed by atoms with E-state index in [4.69, 9.17) is 55.6 Å². The zero-order valence-electron chi connectivity index (χ0n) is 48.1. The molecule has 2 unspecified atom stereocenters. The maximum absolute atomic E-state index is 10.8. The molecule has 21 nitrogen and oxygen atoms in total. The van der Waals surface area contributed by atoms with Gasteiger partial charge in [0.25, 0.3) is 0 Å². The molecule has 0 spiro atoms. The number of rotatable bonds is 34. The fourth-order valence-corrected chi connectivity index (χ4v) is 5.35. The summed E-state index contributed by atoms with van der Waals surface area (Å²) in [5.74, 6) is -0.0220. The molecule has 0 amide bonds. The van der Waals surface area contributed by atoms with Crippen LogP contribution in [0.15, 0.2) is 24.3 Å². The summed E-state index contributed by atoms with van der Waals surface area (Å²) >= 11 is 0. The minimum atomic E-state index is -3.11. The number of carbonyl (C=O) groups excluding carboxylic acids is 4. The molecule has 77 heavy (non-hydrogen) atoms. The van der Waals surface area contributed by atoms with Crippen LogP contribution in [0.2, 0.25) is 0 Å². The topological polar surface area (TPSA) is 341 Å². The second-order valence-corrected chi connectivity index (χ2v) is 16.8. The molecule has 0 saturated carbocycles. The number of aliphatic hydroxyl groups is 2. The molecule has 2 atom stereocenters. The molecule has 0 rings (SSSR count). The maximum Gasteiger partial charge on any atom is 1.00 e. The molecule has 29 heteroatoms. The molecule has 434 valence electrons. The largest absolute Gasteiger partial charge is 1.00 e. The number of ketones is 1. The van der Waals surface area contributed by atoms with Crippen LogP contribution >= 0.6 is 0 Å². The van der Waals surface area contributed by atoms with Gasteiger partial charge in [0.1, 0.15) is 5.78 Å². The van der Waals surface area contributed by atoms with Gasteiger partial charge in [0.2, 0.25) is 0 Å². The van der Waals surface area contributed by atoms with Crippen molar-refractivity contribution in [3.63, 3.8) is 0 Å². The molecule has 2 N–H and O–H groups in total. The predicted molar refractivity (Wildman–Crippen MR) is 276 cm³/mol. The van der Waals surface area contributed by atoms with Crippen LogP contribution in [0.25, 0.3) is 0 Å². The van der Waals surface area contributed by atoms with E-state index in [1.54, 1.807) is 6.92 Å². The molecule has 0 aromatic heterocycles. The van der Waals surface area contributed by atoms with Crippen molar-refractivity contribution in [2.24, 2.45) is 0 Å². The molecule has 0 saturated heterocycles. The van der Waals surface area contributed by atoms with Crippen LogP contribution in [-0.2, 0) is 75.8 Å². The number of aliphatic hydroxyl groups excluding tert-OH is 2. The maximum atomic E-state index is 10.8. The van der Waals surface area contributed by atoms with E-state index in [9.17, 15) is 24.3 Å². The third kappa shape index (κ3) is 173. The van der Waals surface area contributed by atoms with E-state index in [0.29, 0.717) is 25.0 Å². The number of Topliss-reactive ketones (excluding diaryl/α,β-unsaturated/α-hetero) is 1. The zero-order chi connectivity index (χ0) is 57.9. The van der Waals surface area contributed by atoms with Gasteiger partial charge < -0.3 is 42.6 Å². The fraction of sp³-hybridized carbons (Fsp3) is 0.750. The van der Waals surface area contributed by atoms with Gasteiger partial charge in [-0.05, 0) is 32.6 Å². The molecule has 0 aliphatic rings. The number of unbranched alkanes of at least 4 members (excludes halogenated alkanes) is 17. The number of ether oxygens (including phenoxy) is 3. The average Bonchev–Trinajstić information content (AvgIpc) is 3.29. The zero-order valence-corrected chi connectivity index (χ0v) is 59.4. The molecule has 0 fully saturated rings. The minimum Gasteiger partial charge on any atom is -0.469 e. The second-order valence-electron chi connectivity index (χ2n) is 15.2. The van der Waals surface area contributed by atoms with E-state index in [2.05, 4.69) is 59.6 Å². The smallest absolute Gasteiger partial charge is 0.469 e. The van der Waals surface area contributed by atoms with Crippen molar-refractivity contribution in [3.05, 3.63) is 51.0 Å². The number of hydrogen-bond acceptors (Lipinski definition) is 21. The first-order valence-corrected chi connectivity index (χ1v) is 28.1. The molecular formula is C48H88Na4O21S4. The standard InChI is InChI=1S/C13H25O3.C13H23O.C11H21O3.C11H19O2.4Na.4O3S/c1-3-9-12(14)10-7-5-4-6-8-11-13(15)16-2;1-3-4-5-6-7-8-9-10-11-12-13(2)14;1-10(12)8-6-4-3-5-7-9-11(13)14-2;1-3-4-5-6-7-8-9-10-11(12)13-2;;;;;4*1-4(2)3/h9,12,14H,3-8,10-11H2,1-2H3;4-6H,3,7-12H2,1-2H3;10,12H,1,3-9H2,2H3;3-4H,1,5-10H2,2H3;;;;;;;;/q4*-1;4*+1;;;;/b;6-5+;;4-3+;;;;;;;;. The predicted octanol–water partition coefficient (Wildman–Crippen LogP) is -4.07. The SMILES string of the molecule is CC[CH-]/C=C/CCCCCCC(C)=O.CC[CH-]C(O)CCCCCCCC(=O)OC.O=S(=O)=O.O=S(=O)=O.O=S(=O)=O.O=S(=O)=O.[CH2-]/C=C/CCCCCCC(=O)OC.[CH2-]C(O)CCCCCCCC(=O)OC.[Na+].[Na+].[Na+].[Na+]. The summed E-state index contributed by atoms with van der Waals surface area (Å²) < 4.78 is 115. The van der Waals surface area contributed by atoms with Crippen molar-refractivity contribution >= 4 is 66.1 Å². The summed E-state index contributed by atoms with van der Waals surface area (Å²) in [6.45, 7) is 13.0. The van der Waals surface area contributed by atoms with Crippen LogP contribution < -0.4 is 118 Å². The van der Waals surface area contributed by atoms with Gasteiger partial charge >= 0.3 is 179 Å². The van der Waals surface area contributed by atoms with Gasteiger partial charge in [0, 0.05) is 25.7 Å². The summed E-state index contributed by atoms with van der Waals surface area (Å²) in [5, 5.41) is 18.3. The van der Waals surface area contributed by atoms with Crippen LogP contribution in [0.4, 0.5) is 0 Å². The monoisotopic (exact) mass is 1220 g/mol. The quantitative estimate of drug-likeness (QED) is 0.0203. The van der Waals surface area contributed by atoms with Crippen molar-refractivity contribution < 1.29 is 212 Å². The van der Waals surface area contributed by atoms with E-state index in [1.165, 1.54) is 59.9 Å². The van der Waals surface area contributed by atoms with E-state index >= 15 is 0 Å². The van der Waals surface area contributed by atoms with Crippen LogP contribution in [0.5, 0.6) is 0 Å². The Kier molecular flexibility index (Phi) is 129. The number of hydrogen-bond donors (Lipinski definition) is 2. The Balaban J connectivity index is -0.0000000657. The van der Waals surface area contributed by atoms with Gasteiger partial charge in [-0.15, -0.1) is 69.8 Å². The van der Waals surface area contributed by atoms with Crippen LogP contribution in [-0.4, -0.2) is 118 Å². The van der Waals surface area contributed by atoms with Crippen molar-refractivity contribution in [1.82, 2.24) is 0 Å². The van der Waals surface area contributed by atoms with Gasteiger partial charge in [0.15, 0.2) is 0 Å². The van der Waals surface area contributed by atoms with Crippen molar-refractivity contribution in [3.8, 4) is 0 Å². The van der Waals surface area contributed by atoms with Gasteiger partial charge in [0.05, 0.1) is 21.3 Å². The van der Waals surface area contributed by atoms with Gasteiger partial charge in [-0.2, -0.15) is 6.42 Å². The third-order valence-corrected chi connectivity index (χ3v) is 8.82. The molecule has 0 heterocycles. The van der Waals surface area contributed by atoms with E-state index in [1.807, 2.05) is 19.4 Å². The number of allylic oxidation sites excluding steroid dienone is 4. The number of carbonyl (C=O) groups is 4. The Morgan fingerprint density at radius 3 is 1.04 bits per heavy atom. The van der Waals surface area contributed by atoms with E-state index in [0.717, 1.165) is 122 Å². The molecule has 0 aromatic rings. The molecule has 0 bridgehead atoms. The average molecular weight is 1220 g/mol. The van der Waals surface area contributed by atoms with Gasteiger partial charge in [-0.1, -0.05) is 129 Å². The van der Waals surface area contributed by atoms with Crippen molar-refractivity contribution in [2.45, 2.75) is 213 Å². The minimum absolute atomic E-state index is 0. The molecule has 0 radical (unpaired) electrons. The molecule has 0 aliphatic heterocycles. The van der Waals surface area contributed by atoms with Gasteiger partial charge in [-0.25, -0.2) is 37.6 Å². The van der Waals surface area contributed by atoms with E-state index < -0.39 is 48.5 Å².